The Morgan fingerprint density at radius 2 is 1.82 bits per heavy atom. The van der Waals surface area contributed by atoms with Crippen molar-refractivity contribution in [1.29, 1.82) is 0 Å². The summed E-state index contributed by atoms with van der Waals surface area (Å²) in [6.45, 7) is -0.325. The first-order valence-corrected chi connectivity index (χ1v) is 13.2. The summed E-state index contributed by atoms with van der Waals surface area (Å²) < 4.78 is 14.1. The zero-order chi connectivity index (χ0) is 27.2. The maximum atomic E-state index is 14.1. The van der Waals surface area contributed by atoms with E-state index >= 15 is 0 Å². The molecule has 5 rings (SSSR count). The van der Waals surface area contributed by atoms with Gasteiger partial charge in [0.25, 0.3) is 5.91 Å². The third-order valence-corrected chi connectivity index (χ3v) is 6.93. The van der Waals surface area contributed by atoms with Crippen LogP contribution >= 0.6 is 11.6 Å². The first-order valence-electron chi connectivity index (χ1n) is 12.8. The largest absolute Gasteiger partial charge is 0.351 e. The molecule has 0 aliphatic heterocycles. The van der Waals surface area contributed by atoms with Gasteiger partial charge in [0.2, 0.25) is 11.7 Å². The molecule has 1 atom stereocenters. The van der Waals surface area contributed by atoms with E-state index in [2.05, 4.69) is 25.7 Å². The number of carbonyl (C=O) groups is 2. The fourth-order valence-corrected chi connectivity index (χ4v) is 4.91. The molecule has 2 heterocycles. The molecule has 0 spiro atoms. The highest BCUT2D eigenvalue weighted by Crippen LogP contribution is 2.31. The average Bonchev–Trinajstić information content (AvgIpc) is 3.43. The van der Waals surface area contributed by atoms with Crippen LogP contribution in [0.1, 0.15) is 43.8 Å². The van der Waals surface area contributed by atoms with Crippen molar-refractivity contribution in [2.75, 3.05) is 4.90 Å². The molecule has 39 heavy (non-hydrogen) atoms. The predicted molar refractivity (Wildman–Crippen MR) is 144 cm³/mol. The number of amides is 2. The molecule has 0 radical (unpaired) electrons. The lowest BCUT2D eigenvalue weighted by atomic mass is 9.95. The summed E-state index contributed by atoms with van der Waals surface area (Å²) in [5.41, 5.74) is 1.34. The number of anilines is 1. The first kappa shape index (κ1) is 26.4. The molecule has 2 aromatic carbocycles. The molecule has 1 fully saturated rings. The minimum absolute atomic E-state index is 0.00312. The first-order chi connectivity index (χ1) is 19.0. The van der Waals surface area contributed by atoms with E-state index < -0.39 is 17.8 Å². The number of pyridine rings is 1. The van der Waals surface area contributed by atoms with Crippen LogP contribution in [0.5, 0.6) is 0 Å². The Kier molecular flexibility index (Phi) is 8.21. The van der Waals surface area contributed by atoms with E-state index in [1.54, 1.807) is 24.4 Å². The Bertz CT molecular complexity index is 1430. The fraction of sp³-hybridized carbons (Fsp3) is 0.286. The Hall–Kier alpha value is -4.18. The van der Waals surface area contributed by atoms with Gasteiger partial charge in [-0.1, -0.05) is 67.3 Å². The van der Waals surface area contributed by atoms with Crippen LogP contribution in [0.25, 0.3) is 11.4 Å². The summed E-state index contributed by atoms with van der Waals surface area (Å²) in [7, 11) is 0. The van der Waals surface area contributed by atoms with Crippen molar-refractivity contribution in [1.82, 2.24) is 30.5 Å². The Morgan fingerprint density at radius 3 is 2.54 bits per heavy atom. The molecule has 4 aromatic rings. The van der Waals surface area contributed by atoms with Crippen LogP contribution in [0.3, 0.4) is 0 Å². The van der Waals surface area contributed by atoms with Crippen molar-refractivity contribution in [3.8, 4) is 11.4 Å². The Labute approximate surface area is 230 Å². The van der Waals surface area contributed by atoms with Gasteiger partial charge in [0.05, 0.1) is 10.7 Å². The van der Waals surface area contributed by atoms with E-state index in [1.165, 1.54) is 17.0 Å². The van der Waals surface area contributed by atoms with Crippen LogP contribution in [0, 0.1) is 5.82 Å². The van der Waals surface area contributed by atoms with Crippen LogP contribution in [0.15, 0.2) is 72.9 Å². The molecule has 1 aliphatic rings. The monoisotopic (exact) mass is 547 g/mol. The van der Waals surface area contributed by atoms with Gasteiger partial charge in [-0.05, 0) is 48.4 Å². The van der Waals surface area contributed by atoms with Crippen LogP contribution in [-0.4, -0.2) is 43.0 Å². The van der Waals surface area contributed by atoms with Gasteiger partial charge in [-0.25, -0.2) is 4.39 Å². The van der Waals surface area contributed by atoms with Crippen molar-refractivity contribution in [2.45, 2.75) is 50.7 Å². The smallest absolute Gasteiger partial charge is 0.251 e. The second-order valence-corrected chi connectivity index (χ2v) is 9.78. The maximum Gasteiger partial charge on any atom is 0.251 e. The summed E-state index contributed by atoms with van der Waals surface area (Å²) in [6, 6.07) is 17.1. The van der Waals surface area contributed by atoms with Crippen LogP contribution in [0.4, 0.5) is 10.1 Å². The van der Waals surface area contributed by atoms with Crippen molar-refractivity contribution >= 4 is 29.1 Å². The Morgan fingerprint density at radius 1 is 1.05 bits per heavy atom. The van der Waals surface area contributed by atoms with E-state index in [-0.39, 0.29) is 29.2 Å². The maximum absolute atomic E-state index is 14.1. The Balaban J connectivity index is 1.51. The molecule has 2 amide bonds. The molecular weight excluding hydrogens is 521 g/mol. The number of hydrogen-bond acceptors (Lipinski definition) is 6. The van der Waals surface area contributed by atoms with Crippen molar-refractivity contribution < 1.29 is 14.0 Å². The quantitative estimate of drug-likeness (QED) is 0.341. The van der Waals surface area contributed by atoms with Gasteiger partial charge in [0.15, 0.2) is 6.04 Å². The lowest BCUT2D eigenvalue weighted by molar-refractivity contribution is -0.127. The second kappa shape index (κ2) is 12.1. The van der Waals surface area contributed by atoms with Crippen molar-refractivity contribution in [3.05, 3.63) is 89.5 Å². The van der Waals surface area contributed by atoms with Gasteiger partial charge >= 0.3 is 0 Å². The predicted octanol–water partition coefficient (Wildman–Crippen LogP) is 4.75. The van der Waals surface area contributed by atoms with E-state index in [9.17, 15) is 14.0 Å². The number of nitrogens with zero attached hydrogens (tertiary/aromatic N) is 6. The van der Waals surface area contributed by atoms with E-state index in [4.69, 9.17) is 11.6 Å². The van der Waals surface area contributed by atoms with Gasteiger partial charge in [-0.2, -0.15) is 4.80 Å². The number of benzene rings is 2. The standard InChI is InChI=1S/C28H27ClFN7O2/c29-22-17-21(14-15-23(22)30)37(25(38)18-36-34-27(33-35-36)19-9-3-1-4-10-19)26(24-13-7-8-16-31-24)28(39)32-20-11-5-2-6-12-20/h1,3-4,7-10,13-17,20,26H,2,5-6,11-12,18H2,(H,32,39)/t26-/m1/s1. The zero-order valence-electron chi connectivity index (χ0n) is 21.1. The molecule has 0 bridgehead atoms. The third kappa shape index (κ3) is 6.28. The molecule has 2 aromatic heterocycles. The zero-order valence-corrected chi connectivity index (χ0v) is 21.8. The van der Waals surface area contributed by atoms with Gasteiger partial charge in [0.1, 0.15) is 12.4 Å². The van der Waals surface area contributed by atoms with Crippen LogP contribution < -0.4 is 10.2 Å². The fourth-order valence-electron chi connectivity index (χ4n) is 4.73. The molecule has 200 valence electrons. The normalized spacial score (nSPS) is 14.5. The topological polar surface area (TPSA) is 106 Å². The van der Waals surface area contributed by atoms with Crippen molar-refractivity contribution in [2.24, 2.45) is 0 Å². The number of aromatic nitrogens is 5. The minimum Gasteiger partial charge on any atom is -0.351 e. The average molecular weight is 548 g/mol. The minimum atomic E-state index is -1.14. The summed E-state index contributed by atoms with van der Waals surface area (Å²) >= 11 is 6.11. The van der Waals surface area contributed by atoms with E-state index in [0.29, 0.717) is 11.5 Å². The van der Waals surface area contributed by atoms with E-state index in [1.807, 2.05) is 30.3 Å². The van der Waals surface area contributed by atoms with Crippen molar-refractivity contribution in [3.63, 3.8) is 0 Å². The number of halogens is 2. The molecule has 11 heteroatoms. The number of rotatable bonds is 8. The molecule has 1 aliphatic carbocycles. The summed E-state index contributed by atoms with van der Waals surface area (Å²) in [4.78, 5) is 34.6. The highest BCUT2D eigenvalue weighted by atomic mass is 35.5. The highest BCUT2D eigenvalue weighted by molar-refractivity contribution is 6.31. The molecular formula is C28H27ClFN7O2. The highest BCUT2D eigenvalue weighted by Gasteiger charge is 2.35. The van der Waals surface area contributed by atoms with Gasteiger partial charge in [-0.15, -0.1) is 10.2 Å². The van der Waals surface area contributed by atoms with Gasteiger partial charge in [0, 0.05) is 23.5 Å². The number of tetrazole rings is 1. The molecule has 1 saturated carbocycles. The van der Waals surface area contributed by atoms with Crippen LogP contribution in [0.2, 0.25) is 5.02 Å². The molecule has 0 saturated heterocycles. The summed E-state index contributed by atoms with van der Waals surface area (Å²) in [5, 5.41) is 15.4. The number of hydrogen-bond donors (Lipinski definition) is 1. The summed E-state index contributed by atoms with van der Waals surface area (Å²) in [6.07, 6.45) is 6.46. The van der Waals surface area contributed by atoms with Gasteiger partial charge < -0.3 is 5.32 Å². The number of nitrogens with one attached hydrogen (secondary N) is 1. The number of carbonyl (C=O) groups excluding carboxylic acids is 2. The lowest BCUT2D eigenvalue weighted by Gasteiger charge is -2.32. The molecule has 9 nitrogen and oxygen atoms in total. The summed E-state index contributed by atoms with van der Waals surface area (Å²) in [5.74, 6) is -1.19. The van der Waals surface area contributed by atoms with Gasteiger partial charge in [-0.3, -0.25) is 19.5 Å². The second-order valence-electron chi connectivity index (χ2n) is 9.37. The van der Waals surface area contributed by atoms with E-state index in [0.717, 1.165) is 48.5 Å². The SMILES string of the molecule is O=C(NC1CCCCC1)[C@@H](c1ccccn1)N(C(=O)Cn1nnc(-c2ccccc2)n1)c1ccc(F)c(Cl)c1. The van der Waals surface area contributed by atoms with Crippen LogP contribution in [-0.2, 0) is 16.1 Å². The third-order valence-electron chi connectivity index (χ3n) is 6.64. The molecule has 0 unspecified atom stereocenters. The molecule has 1 N–H and O–H groups in total. The lowest BCUT2D eigenvalue weighted by Crippen LogP contribution is -2.48.